The minimum absolute atomic E-state index is 0.0657. The molecule has 0 amide bonds. The highest BCUT2D eigenvalue weighted by atomic mass is 16.6. The molecule has 18 nitrogen and oxygen atoms in total. The average Bonchev–Trinajstić information content (AvgIpc) is 0.932. The first-order chi connectivity index (χ1) is 46.7. The molecule has 2 unspecified atom stereocenters. The largest absolute Gasteiger partial charge is 0.494 e. The van der Waals surface area contributed by atoms with Gasteiger partial charge in [-0.15, -0.1) is 0 Å². The van der Waals surface area contributed by atoms with Crippen LogP contribution >= 0.6 is 0 Å². The Morgan fingerprint density at radius 3 is 0.688 bits per heavy atom. The van der Waals surface area contributed by atoms with E-state index in [0.717, 1.165) is 25.7 Å². The summed E-state index contributed by atoms with van der Waals surface area (Å²) in [7, 11) is 0. The number of hydrogen-bond acceptors (Lipinski definition) is 18. The number of unbranched alkanes of at least 4 members (excludes halogenated alkanes) is 21. The van der Waals surface area contributed by atoms with Crippen LogP contribution in [0.25, 0.3) is 0 Å². The lowest BCUT2D eigenvalue weighted by Gasteiger charge is -2.14. The van der Waals surface area contributed by atoms with Crippen LogP contribution in [-0.4, -0.2) is 86.4 Å². The molecule has 6 aromatic carbocycles. The van der Waals surface area contributed by atoms with Crippen LogP contribution < -0.4 is 28.4 Å². The molecule has 18 heteroatoms. The van der Waals surface area contributed by atoms with Gasteiger partial charge in [-0.3, -0.25) is 0 Å². The van der Waals surface area contributed by atoms with Crippen molar-refractivity contribution in [3.8, 4) is 34.5 Å². The van der Waals surface area contributed by atoms with E-state index < -0.39 is 60.0 Å². The van der Waals surface area contributed by atoms with E-state index in [0.29, 0.717) is 61.5 Å². The molecule has 0 aliphatic carbocycles. The Hall–Kier alpha value is -9.32. The molecule has 0 radical (unpaired) electrons. The van der Waals surface area contributed by atoms with Crippen LogP contribution in [0.15, 0.2) is 146 Å². The van der Waals surface area contributed by atoms with Crippen molar-refractivity contribution in [2.24, 2.45) is 0 Å². The summed E-state index contributed by atoms with van der Waals surface area (Å²) in [4.78, 5) is 102. The Morgan fingerprint density at radius 2 is 0.448 bits per heavy atom. The summed E-state index contributed by atoms with van der Waals surface area (Å²) in [5.41, 5.74) is 1.29. The quantitative estimate of drug-likeness (QED) is 0.0150. The second kappa shape index (κ2) is 43.6. The van der Waals surface area contributed by atoms with Crippen molar-refractivity contribution in [1.29, 1.82) is 0 Å². The number of carbonyl (C=O) groups is 8. The zero-order valence-electron chi connectivity index (χ0n) is 56.2. The van der Waals surface area contributed by atoms with Gasteiger partial charge in [0.1, 0.15) is 34.5 Å². The molecule has 0 saturated carbocycles. The molecule has 0 aromatic heterocycles. The van der Waals surface area contributed by atoms with E-state index in [9.17, 15) is 38.4 Å². The van der Waals surface area contributed by atoms with Crippen molar-refractivity contribution >= 4 is 47.8 Å². The standard InChI is InChI=1S/C78H94O18/c1-5-7-9-11-13-15-17-19-21-25-53-87-65-41-29-61(30-42-65)75(83)93-69-49-37-63(38-50-69)77(85)95-67-45-33-59(34-46-67)73(81)91-57(3)71(79)89-55-27-23-24-28-56-90-72(80)58(4)92-74(82)60-35-47-68(48-36-60)96-78(86)64-39-51-70(52-40-64)94-76(84)62-31-43-66(44-32-62)88-54-26-22-20-18-16-14-12-10-8-6-2/h29-52,57-58H,5-28,53-56H2,1-4H3. The Balaban J connectivity index is 0.766. The van der Waals surface area contributed by atoms with Gasteiger partial charge < -0.3 is 47.4 Å². The van der Waals surface area contributed by atoms with Gasteiger partial charge in [-0.05, 0) is 198 Å². The molecule has 0 aliphatic heterocycles. The predicted octanol–water partition coefficient (Wildman–Crippen LogP) is 17.6. The van der Waals surface area contributed by atoms with Gasteiger partial charge in [0.25, 0.3) is 0 Å². The summed E-state index contributed by atoms with van der Waals surface area (Å²) in [5.74, 6) is -3.41. The lowest BCUT2D eigenvalue weighted by molar-refractivity contribution is -0.154. The van der Waals surface area contributed by atoms with E-state index in [1.165, 1.54) is 214 Å². The number of benzene rings is 6. The fraction of sp³-hybridized carbons (Fsp3) is 0.436. The van der Waals surface area contributed by atoms with Gasteiger partial charge in [-0.1, -0.05) is 129 Å². The highest BCUT2D eigenvalue weighted by Crippen LogP contribution is 2.24. The first kappa shape index (κ1) is 75.7. The second-order valence-corrected chi connectivity index (χ2v) is 23.6. The van der Waals surface area contributed by atoms with Gasteiger partial charge in [0.2, 0.25) is 0 Å². The minimum atomic E-state index is -1.21. The van der Waals surface area contributed by atoms with E-state index in [1.54, 1.807) is 48.5 Å². The van der Waals surface area contributed by atoms with Crippen LogP contribution in [0.2, 0.25) is 0 Å². The van der Waals surface area contributed by atoms with Crippen molar-refractivity contribution in [2.75, 3.05) is 26.4 Å². The summed E-state index contributed by atoms with van der Waals surface area (Å²) in [6.07, 6.45) is 24.8. The molecule has 0 bridgehead atoms. The van der Waals surface area contributed by atoms with E-state index in [1.807, 2.05) is 0 Å². The highest BCUT2D eigenvalue weighted by Gasteiger charge is 2.23. The summed E-state index contributed by atoms with van der Waals surface area (Å²) in [5, 5.41) is 0. The molecule has 0 saturated heterocycles. The molecule has 0 spiro atoms. The predicted molar refractivity (Wildman–Crippen MR) is 363 cm³/mol. The molecule has 6 aromatic rings. The maximum absolute atomic E-state index is 12.9. The third-order valence-corrected chi connectivity index (χ3v) is 15.7. The Kier molecular flexibility index (Phi) is 34.4. The van der Waals surface area contributed by atoms with Crippen molar-refractivity contribution < 1.29 is 85.7 Å². The Morgan fingerprint density at radius 1 is 0.250 bits per heavy atom. The third-order valence-electron chi connectivity index (χ3n) is 15.7. The van der Waals surface area contributed by atoms with E-state index in [2.05, 4.69) is 13.8 Å². The maximum Gasteiger partial charge on any atom is 0.347 e. The number of esters is 8. The molecule has 0 fully saturated rings. The minimum Gasteiger partial charge on any atom is -0.494 e. The van der Waals surface area contributed by atoms with Gasteiger partial charge in [0, 0.05) is 0 Å². The molecule has 0 N–H and O–H groups in total. The fourth-order valence-electron chi connectivity index (χ4n) is 9.92. The van der Waals surface area contributed by atoms with Gasteiger partial charge in [-0.2, -0.15) is 0 Å². The number of carbonyl (C=O) groups excluding carboxylic acids is 8. The summed E-state index contributed by atoms with van der Waals surface area (Å²) >= 11 is 0. The zero-order chi connectivity index (χ0) is 68.5. The Bertz CT molecular complexity index is 3080. The number of hydrogen-bond donors (Lipinski definition) is 0. The van der Waals surface area contributed by atoms with Gasteiger partial charge >= 0.3 is 47.8 Å². The highest BCUT2D eigenvalue weighted by molar-refractivity contribution is 5.95. The fourth-order valence-corrected chi connectivity index (χ4v) is 9.92. The average molecular weight is 1320 g/mol. The van der Waals surface area contributed by atoms with Crippen molar-refractivity contribution in [1.82, 2.24) is 0 Å². The molecule has 0 aliphatic rings. The van der Waals surface area contributed by atoms with Gasteiger partial charge in [-0.25, -0.2) is 38.4 Å². The topological polar surface area (TPSA) is 229 Å². The van der Waals surface area contributed by atoms with E-state index in [4.69, 9.17) is 47.4 Å². The zero-order valence-corrected chi connectivity index (χ0v) is 56.2. The lowest BCUT2D eigenvalue weighted by atomic mass is 10.1. The molecule has 2 atom stereocenters. The van der Waals surface area contributed by atoms with Crippen LogP contribution in [0, 0.1) is 0 Å². The Labute approximate surface area is 564 Å². The smallest absolute Gasteiger partial charge is 0.347 e. The summed E-state index contributed by atoms with van der Waals surface area (Å²) < 4.78 is 54.8. The molecule has 0 heterocycles. The van der Waals surface area contributed by atoms with Gasteiger partial charge in [0.05, 0.1) is 59.8 Å². The van der Waals surface area contributed by atoms with Crippen molar-refractivity contribution in [3.63, 3.8) is 0 Å². The lowest BCUT2D eigenvalue weighted by Crippen LogP contribution is -2.26. The molecular weight excluding hydrogens is 1220 g/mol. The van der Waals surface area contributed by atoms with Crippen LogP contribution in [0.3, 0.4) is 0 Å². The van der Waals surface area contributed by atoms with Crippen LogP contribution in [0.4, 0.5) is 0 Å². The maximum atomic E-state index is 12.9. The molecular formula is C78H94O18. The first-order valence-electron chi connectivity index (χ1n) is 34.2. The number of ether oxygens (including phenoxy) is 10. The van der Waals surface area contributed by atoms with E-state index in [-0.39, 0.29) is 58.5 Å². The second-order valence-electron chi connectivity index (χ2n) is 23.6. The van der Waals surface area contributed by atoms with E-state index >= 15 is 0 Å². The van der Waals surface area contributed by atoms with Crippen LogP contribution in [-0.2, 0) is 28.5 Å². The third kappa shape index (κ3) is 28.7. The summed E-state index contributed by atoms with van der Waals surface area (Å²) in [6.45, 7) is 8.62. The van der Waals surface area contributed by atoms with Gasteiger partial charge in [0.15, 0.2) is 12.2 Å². The molecule has 514 valence electrons. The van der Waals surface area contributed by atoms with Crippen LogP contribution in [0.5, 0.6) is 34.5 Å². The molecule has 6 rings (SSSR count). The molecule has 96 heavy (non-hydrogen) atoms. The van der Waals surface area contributed by atoms with Crippen LogP contribution in [0.1, 0.15) is 244 Å². The summed E-state index contributed by atoms with van der Waals surface area (Å²) in [6, 6.07) is 36.5. The number of rotatable bonds is 45. The van der Waals surface area contributed by atoms with Crippen molar-refractivity contribution in [3.05, 3.63) is 179 Å². The SMILES string of the molecule is CCCCCCCCCCCCOc1ccc(C(=O)Oc2ccc(C(=O)Oc3ccc(C(=O)OC(C)C(=O)OCCCCCCOC(=O)C(C)OC(=O)c4ccc(OC(=O)c5ccc(OC(=O)c6ccc(OCCCCCCCCCCCC)cc6)cc5)cc4)cc3)cc2)cc1. The first-order valence-corrected chi connectivity index (χ1v) is 34.2. The monoisotopic (exact) mass is 1320 g/mol. The normalized spacial score (nSPS) is 11.5. The van der Waals surface area contributed by atoms with Crippen molar-refractivity contribution in [2.45, 2.75) is 194 Å².